The number of hydrogen-bond acceptors (Lipinski definition) is 6. The number of amides is 1. The molecule has 3 aromatic rings. The minimum atomic E-state index is -0.142. The molecule has 2 N–H and O–H groups in total. The number of benzene rings is 1. The zero-order valence-corrected chi connectivity index (χ0v) is 12.7. The summed E-state index contributed by atoms with van der Waals surface area (Å²) in [6.45, 7) is 0.246. The van der Waals surface area contributed by atoms with Crippen molar-refractivity contribution in [3.63, 3.8) is 0 Å². The standard InChI is InChI=1S/C15H12N4O3S/c20-14(18-13-3-4-16-19-13)6-10-7-23-15(17-10)9-1-2-11-12(5-9)22-8-21-11/h1-5,7H,6,8H2,(H2,16,18,19,20). The lowest BCUT2D eigenvalue weighted by Gasteiger charge is -2.00. The maximum absolute atomic E-state index is 11.9. The summed E-state index contributed by atoms with van der Waals surface area (Å²) in [7, 11) is 0. The van der Waals surface area contributed by atoms with Crippen molar-refractivity contribution in [1.29, 1.82) is 0 Å². The van der Waals surface area contributed by atoms with Crippen LogP contribution in [0.4, 0.5) is 5.82 Å². The molecule has 0 fully saturated rings. The highest BCUT2D eigenvalue weighted by Gasteiger charge is 2.16. The quantitative estimate of drug-likeness (QED) is 0.768. The molecular weight excluding hydrogens is 316 g/mol. The minimum absolute atomic E-state index is 0.142. The van der Waals surface area contributed by atoms with Crippen LogP contribution in [0.3, 0.4) is 0 Å². The number of ether oxygens (including phenoxy) is 2. The number of aromatic nitrogens is 3. The summed E-state index contributed by atoms with van der Waals surface area (Å²) in [5.74, 6) is 1.89. The second-order valence-electron chi connectivity index (χ2n) is 4.91. The maximum atomic E-state index is 11.9. The summed E-state index contributed by atoms with van der Waals surface area (Å²) in [6, 6.07) is 7.39. The van der Waals surface area contributed by atoms with Crippen molar-refractivity contribution in [3.8, 4) is 22.1 Å². The molecule has 0 saturated heterocycles. The van der Waals surface area contributed by atoms with Crippen molar-refractivity contribution in [1.82, 2.24) is 15.2 Å². The van der Waals surface area contributed by atoms with Crippen molar-refractivity contribution in [2.45, 2.75) is 6.42 Å². The Morgan fingerprint density at radius 3 is 3.09 bits per heavy atom. The second kappa shape index (κ2) is 5.73. The van der Waals surface area contributed by atoms with Crippen molar-refractivity contribution in [3.05, 3.63) is 41.5 Å². The monoisotopic (exact) mass is 328 g/mol. The molecule has 0 bridgehead atoms. The number of aromatic amines is 1. The fraction of sp³-hybridized carbons (Fsp3) is 0.133. The van der Waals surface area contributed by atoms with E-state index in [1.54, 1.807) is 12.3 Å². The van der Waals surface area contributed by atoms with Gasteiger partial charge in [-0.3, -0.25) is 9.89 Å². The van der Waals surface area contributed by atoms with Gasteiger partial charge in [-0.25, -0.2) is 4.98 Å². The molecule has 1 aromatic carbocycles. The van der Waals surface area contributed by atoms with Gasteiger partial charge in [-0.1, -0.05) is 0 Å². The summed E-state index contributed by atoms with van der Waals surface area (Å²) in [6.07, 6.45) is 1.79. The van der Waals surface area contributed by atoms with E-state index in [9.17, 15) is 4.79 Å². The van der Waals surface area contributed by atoms with Crippen LogP contribution in [0.15, 0.2) is 35.8 Å². The molecule has 0 spiro atoms. The summed E-state index contributed by atoms with van der Waals surface area (Å²) in [5.41, 5.74) is 1.67. The van der Waals surface area contributed by atoms with Gasteiger partial charge in [0.15, 0.2) is 11.5 Å². The molecule has 0 unspecified atom stereocenters. The van der Waals surface area contributed by atoms with E-state index < -0.39 is 0 Å². The Kier molecular flexibility index (Phi) is 3.43. The first-order valence-electron chi connectivity index (χ1n) is 6.91. The van der Waals surface area contributed by atoms with Crippen LogP contribution >= 0.6 is 11.3 Å². The zero-order chi connectivity index (χ0) is 15.6. The number of anilines is 1. The van der Waals surface area contributed by atoms with Crippen LogP contribution in [-0.4, -0.2) is 27.9 Å². The van der Waals surface area contributed by atoms with Crippen LogP contribution < -0.4 is 14.8 Å². The second-order valence-corrected chi connectivity index (χ2v) is 5.77. The predicted molar refractivity (Wildman–Crippen MR) is 84.6 cm³/mol. The van der Waals surface area contributed by atoms with E-state index in [1.165, 1.54) is 11.3 Å². The van der Waals surface area contributed by atoms with Gasteiger partial charge in [0.1, 0.15) is 10.8 Å². The first-order chi connectivity index (χ1) is 11.3. The third-order valence-electron chi connectivity index (χ3n) is 3.29. The molecule has 0 saturated carbocycles. The number of thiazole rings is 1. The highest BCUT2D eigenvalue weighted by molar-refractivity contribution is 7.13. The van der Waals surface area contributed by atoms with Gasteiger partial charge in [-0.2, -0.15) is 5.10 Å². The van der Waals surface area contributed by atoms with E-state index in [4.69, 9.17) is 9.47 Å². The number of carbonyl (C=O) groups excluding carboxylic acids is 1. The molecule has 23 heavy (non-hydrogen) atoms. The number of fused-ring (bicyclic) bond motifs is 1. The molecule has 2 aromatic heterocycles. The van der Waals surface area contributed by atoms with Gasteiger partial charge < -0.3 is 14.8 Å². The van der Waals surface area contributed by atoms with Crippen LogP contribution in [0.2, 0.25) is 0 Å². The molecule has 0 aliphatic carbocycles. The van der Waals surface area contributed by atoms with Crippen LogP contribution in [0.5, 0.6) is 11.5 Å². The van der Waals surface area contributed by atoms with Crippen LogP contribution in [0, 0.1) is 0 Å². The van der Waals surface area contributed by atoms with Gasteiger partial charge in [-0.15, -0.1) is 11.3 Å². The SMILES string of the molecule is O=C(Cc1csc(-c2ccc3c(c2)OCO3)n1)Nc1ccn[nH]1. The number of carbonyl (C=O) groups is 1. The maximum Gasteiger partial charge on any atom is 0.231 e. The minimum Gasteiger partial charge on any atom is -0.454 e. The first-order valence-corrected chi connectivity index (χ1v) is 7.79. The molecule has 1 aliphatic rings. The first kappa shape index (κ1) is 13.8. The zero-order valence-electron chi connectivity index (χ0n) is 11.9. The van der Waals surface area contributed by atoms with Gasteiger partial charge in [0.05, 0.1) is 18.3 Å². The Hall–Kier alpha value is -2.87. The van der Waals surface area contributed by atoms with Gasteiger partial charge in [0, 0.05) is 17.0 Å². The molecule has 4 rings (SSSR count). The number of nitrogens with zero attached hydrogens (tertiary/aromatic N) is 2. The third kappa shape index (κ3) is 2.88. The number of rotatable bonds is 4. The fourth-order valence-corrected chi connectivity index (χ4v) is 3.05. The van der Waals surface area contributed by atoms with E-state index in [0.717, 1.165) is 27.8 Å². The summed E-state index contributed by atoms with van der Waals surface area (Å²) in [4.78, 5) is 16.5. The predicted octanol–water partition coefficient (Wildman–Crippen LogP) is 2.44. The van der Waals surface area contributed by atoms with Crippen LogP contribution in [0.1, 0.15) is 5.69 Å². The van der Waals surface area contributed by atoms with Crippen LogP contribution in [0.25, 0.3) is 10.6 Å². The highest BCUT2D eigenvalue weighted by Crippen LogP contribution is 2.36. The van der Waals surface area contributed by atoms with Crippen molar-refractivity contribution < 1.29 is 14.3 Å². The summed E-state index contributed by atoms with van der Waals surface area (Å²) >= 11 is 1.49. The Labute approximate surface area is 135 Å². The molecule has 3 heterocycles. The largest absolute Gasteiger partial charge is 0.454 e. The highest BCUT2D eigenvalue weighted by atomic mass is 32.1. The van der Waals surface area contributed by atoms with E-state index >= 15 is 0 Å². The van der Waals surface area contributed by atoms with Crippen molar-refractivity contribution in [2.75, 3.05) is 12.1 Å². The third-order valence-corrected chi connectivity index (χ3v) is 4.23. The van der Waals surface area contributed by atoms with E-state index in [-0.39, 0.29) is 19.1 Å². The average molecular weight is 328 g/mol. The molecule has 8 heteroatoms. The van der Waals surface area contributed by atoms with Crippen molar-refractivity contribution in [2.24, 2.45) is 0 Å². The van der Waals surface area contributed by atoms with Gasteiger partial charge in [0.2, 0.25) is 12.7 Å². The topological polar surface area (TPSA) is 89.1 Å². The molecule has 1 amide bonds. The molecule has 1 aliphatic heterocycles. The molecule has 116 valence electrons. The normalized spacial score (nSPS) is 12.3. The van der Waals surface area contributed by atoms with Gasteiger partial charge in [-0.05, 0) is 18.2 Å². The Balaban J connectivity index is 1.47. The Morgan fingerprint density at radius 2 is 2.22 bits per heavy atom. The molecular formula is C15H12N4O3S. The molecule has 0 atom stereocenters. The number of hydrogen-bond donors (Lipinski definition) is 2. The van der Waals surface area contributed by atoms with Crippen LogP contribution in [-0.2, 0) is 11.2 Å². The van der Waals surface area contributed by atoms with E-state index in [0.29, 0.717) is 5.82 Å². The fourth-order valence-electron chi connectivity index (χ4n) is 2.23. The number of H-pyrrole nitrogens is 1. The van der Waals surface area contributed by atoms with E-state index in [1.807, 2.05) is 23.6 Å². The van der Waals surface area contributed by atoms with Gasteiger partial charge in [0.25, 0.3) is 0 Å². The summed E-state index contributed by atoms with van der Waals surface area (Å²) in [5, 5.41) is 11.9. The summed E-state index contributed by atoms with van der Waals surface area (Å²) < 4.78 is 10.7. The molecule has 7 nitrogen and oxygen atoms in total. The lowest BCUT2D eigenvalue weighted by molar-refractivity contribution is -0.115. The smallest absolute Gasteiger partial charge is 0.231 e. The van der Waals surface area contributed by atoms with Crippen molar-refractivity contribution >= 4 is 23.1 Å². The lowest BCUT2D eigenvalue weighted by atomic mass is 10.2. The lowest BCUT2D eigenvalue weighted by Crippen LogP contribution is -2.14. The average Bonchev–Trinajstić information content (AvgIpc) is 3.27. The Bertz CT molecular complexity index is 844. The number of nitrogens with one attached hydrogen (secondary N) is 2. The molecule has 0 radical (unpaired) electrons. The Morgan fingerprint density at radius 1 is 1.30 bits per heavy atom. The van der Waals surface area contributed by atoms with Gasteiger partial charge >= 0.3 is 0 Å². The van der Waals surface area contributed by atoms with E-state index in [2.05, 4.69) is 20.5 Å².